The summed E-state index contributed by atoms with van der Waals surface area (Å²) in [4.78, 5) is 2.77. The molecule has 0 radical (unpaired) electrons. The highest BCUT2D eigenvalue weighted by Crippen LogP contribution is 2.29. The first-order valence-corrected chi connectivity index (χ1v) is 3.84. The topological polar surface area (TPSA) is 44.5 Å². The molecule has 2 aromatic rings. The van der Waals surface area contributed by atoms with Crippen molar-refractivity contribution in [1.82, 2.24) is 15.2 Å². The molecular weight excluding hydrogens is 195 g/mol. The Morgan fingerprint density at radius 1 is 1.29 bits per heavy atom. The Labute approximate surface area is 77.0 Å². The van der Waals surface area contributed by atoms with Crippen molar-refractivity contribution in [3.8, 4) is 11.4 Å². The van der Waals surface area contributed by atoms with Gasteiger partial charge in [-0.2, -0.15) is 18.3 Å². The average molecular weight is 201 g/mol. The molecular formula is C8H6F3N3. The van der Waals surface area contributed by atoms with Crippen LogP contribution in [0.25, 0.3) is 11.4 Å². The Morgan fingerprint density at radius 2 is 2.07 bits per heavy atom. The van der Waals surface area contributed by atoms with E-state index in [4.69, 9.17) is 0 Å². The van der Waals surface area contributed by atoms with Crippen LogP contribution < -0.4 is 0 Å². The third kappa shape index (κ3) is 1.50. The Hall–Kier alpha value is -1.72. The monoisotopic (exact) mass is 201 g/mol. The molecule has 0 aliphatic rings. The molecule has 2 N–H and O–H groups in total. The van der Waals surface area contributed by atoms with E-state index >= 15 is 0 Å². The van der Waals surface area contributed by atoms with Gasteiger partial charge in [-0.1, -0.05) is 0 Å². The van der Waals surface area contributed by atoms with E-state index in [9.17, 15) is 13.2 Å². The first kappa shape index (κ1) is 8.86. The van der Waals surface area contributed by atoms with Gasteiger partial charge in [0.1, 0.15) is 11.4 Å². The average Bonchev–Trinajstić information content (AvgIpc) is 2.73. The van der Waals surface area contributed by atoms with Gasteiger partial charge in [0.2, 0.25) is 0 Å². The number of rotatable bonds is 1. The van der Waals surface area contributed by atoms with E-state index in [2.05, 4.69) is 10.1 Å². The summed E-state index contributed by atoms with van der Waals surface area (Å²) in [5.74, 6) is 0. The van der Waals surface area contributed by atoms with E-state index in [0.717, 1.165) is 6.07 Å². The number of H-pyrrole nitrogens is 2. The first-order chi connectivity index (χ1) is 6.57. The second-order valence-electron chi connectivity index (χ2n) is 2.75. The smallest absolute Gasteiger partial charge is 0.360 e. The molecule has 0 saturated heterocycles. The molecule has 3 nitrogen and oxygen atoms in total. The van der Waals surface area contributed by atoms with Gasteiger partial charge in [0.15, 0.2) is 0 Å². The summed E-state index contributed by atoms with van der Waals surface area (Å²) < 4.78 is 36.5. The number of nitrogens with one attached hydrogen (secondary N) is 2. The van der Waals surface area contributed by atoms with Crippen molar-refractivity contribution in [3.63, 3.8) is 0 Å². The Kier molecular flexibility index (Phi) is 1.83. The zero-order chi connectivity index (χ0) is 10.2. The van der Waals surface area contributed by atoms with Crippen molar-refractivity contribution in [1.29, 1.82) is 0 Å². The number of hydrogen-bond donors (Lipinski definition) is 2. The molecule has 2 aromatic heterocycles. The maximum Gasteiger partial charge on any atom is 0.432 e. The fraction of sp³-hybridized carbons (Fsp3) is 0.125. The van der Waals surface area contributed by atoms with Crippen molar-refractivity contribution in [2.24, 2.45) is 0 Å². The van der Waals surface area contributed by atoms with Crippen LogP contribution in [0.5, 0.6) is 0 Å². The molecule has 0 saturated carbocycles. The van der Waals surface area contributed by atoms with Gasteiger partial charge in [0.25, 0.3) is 0 Å². The van der Waals surface area contributed by atoms with Crippen LogP contribution in [0.3, 0.4) is 0 Å². The molecule has 6 heteroatoms. The second kappa shape index (κ2) is 2.90. The molecule has 0 aliphatic carbocycles. The fourth-order valence-electron chi connectivity index (χ4n) is 1.09. The summed E-state index contributed by atoms with van der Waals surface area (Å²) in [6.45, 7) is 0. The van der Waals surface area contributed by atoms with Crippen LogP contribution in [0.15, 0.2) is 24.4 Å². The van der Waals surface area contributed by atoms with Crippen molar-refractivity contribution < 1.29 is 13.2 Å². The number of aromatic amines is 2. The zero-order valence-electron chi connectivity index (χ0n) is 6.89. The predicted octanol–water partition coefficient (Wildman–Crippen LogP) is 2.42. The summed E-state index contributed by atoms with van der Waals surface area (Å²) in [6.07, 6.45) is -2.75. The molecule has 0 aliphatic heterocycles. The Balaban J connectivity index is 2.36. The van der Waals surface area contributed by atoms with Gasteiger partial charge in [-0.25, -0.2) is 0 Å². The van der Waals surface area contributed by atoms with E-state index in [1.54, 1.807) is 18.3 Å². The minimum atomic E-state index is -4.38. The summed E-state index contributed by atoms with van der Waals surface area (Å²) in [5, 5.41) is 5.49. The van der Waals surface area contributed by atoms with Gasteiger partial charge in [-0.15, -0.1) is 0 Å². The van der Waals surface area contributed by atoms with Gasteiger partial charge in [-0.3, -0.25) is 5.10 Å². The fourth-order valence-corrected chi connectivity index (χ4v) is 1.09. The number of aromatic nitrogens is 3. The quantitative estimate of drug-likeness (QED) is 0.731. The highest BCUT2D eigenvalue weighted by atomic mass is 19.4. The summed E-state index contributed by atoms with van der Waals surface area (Å²) >= 11 is 0. The lowest BCUT2D eigenvalue weighted by molar-refractivity contribution is -0.141. The molecule has 0 unspecified atom stereocenters. The Morgan fingerprint density at radius 3 is 2.57 bits per heavy atom. The van der Waals surface area contributed by atoms with Gasteiger partial charge < -0.3 is 4.98 Å². The lowest BCUT2D eigenvalue weighted by Crippen LogP contribution is -2.04. The van der Waals surface area contributed by atoms with Gasteiger partial charge in [0.05, 0.1) is 5.69 Å². The lowest BCUT2D eigenvalue weighted by atomic mass is 10.3. The maximum absolute atomic E-state index is 12.2. The largest absolute Gasteiger partial charge is 0.432 e. The summed E-state index contributed by atoms with van der Waals surface area (Å²) in [6, 6.07) is 4.30. The van der Waals surface area contributed by atoms with E-state index in [0.29, 0.717) is 5.69 Å². The van der Waals surface area contributed by atoms with E-state index in [1.165, 1.54) is 0 Å². The van der Waals surface area contributed by atoms with Crippen LogP contribution in [-0.4, -0.2) is 15.2 Å². The number of hydrogen-bond acceptors (Lipinski definition) is 1. The predicted molar refractivity (Wildman–Crippen MR) is 43.4 cm³/mol. The molecule has 74 valence electrons. The standard InChI is InChI=1S/C8H6F3N3/c9-8(10,11)7-4-6(13-14-7)5-2-1-3-12-5/h1-4,12H,(H,13,14). The van der Waals surface area contributed by atoms with Crippen LogP contribution in [0.4, 0.5) is 13.2 Å². The summed E-state index contributed by atoms with van der Waals surface area (Å²) in [7, 11) is 0. The van der Waals surface area contributed by atoms with E-state index in [1.807, 2.05) is 5.10 Å². The van der Waals surface area contributed by atoms with Crippen molar-refractivity contribution >= 4 is 0 Å². The highest BCUT2D eigenvalue weighted by Gasteiger charge is 2.33. The van der Waals surface area contributed by atoms with Gasteiger partial charge in [0, 0.05) is 6.20 Å². The van der Waals surface area contributed by atoms with Crippen LogP contribution in [0.1, 0.15) is 5.69 Å². The highest BCUT2D eigenvalue weighted by molar-refractivity contribution is 5.54. The second-order valence-corrected chi connectivity index (χ2v) is 2.75. The van der Waals surface area contributed by atoms with Crippen LogP contribution >= 0.6 is 0 Å². The minimum absolute atomic E-state index is 0.252. The zero-order valence-corrected chi connectivity index (χ0v) is 6.89. The van der Waals surface area contributed by atoms with Crippen LogP contribution in [0, 0.1) is 0 Å². The normalized spacial score (nSPS) is 11.9. The molecule has 0 aromatic carbocycles. The van der Waals surface area contributed by atoms with Gasteiger partial charge >= 0.3 is 6.18 Å². The minimum Gasteiger partial charge on any atom is -0.360 e. The molecule has 0 bridgehead atoms. The molecule has 14 heavy (non-hydrogen) atoms. The molecule has 0 spiro atoms. The van der Waals surface area contributed by atoms with E-state index in [-0.39, 0.29) is 5.69 Å². The number of alkyl halides is 3. The Bertz CT molecular complexity index is 413. The third-order valence-electron chi connectivity index (χ3n) is 1.76. The molecule has 2 heterocycles. The van der Waals surface area contributed by atoms with Crippen molar-refractivity contribution in [2.75, 3.05) is 0 Å². The van der Waals surface area contributed by atoms with Crippen LogP contribution in [0.2, 0.25) is 0 Å². The molecule has 0 atom stereocenters. The van der Waals surface area contributed by atoms with Crippen LogP contribution in [-0.2, 0) is 6.18 Å². The maximum atomic E-state index is 12.2. The van der Waals surface area contributed by atoms with Gasteiger partial charge in [-0.05, 0) is 18.2 Å². The number of nitrogens with zero attached hydrogens (tertiary/aromatic N) is 1. The third-order valence-corrected chi connectivity index (χ3v) is 1.76. The van der Waals surface area contributed by atoms with Crippen molar-refractivity contribution in [2.45, 2.75) is 6.18 Å². The van der Waals surface area contributed by atoms with E-state index < -0.39 is 11.9 Å². The molecule has 0 amide bonds. The lowest BCUT2D eigenvalue weighted by Gasteiger charge is -1.99. The summed E-state index contributed by atoms with van der Waals surface area (Å²) in [5.41, 5.74) is -0.0406. The van der Waals surface area contributed by atoms with Crippen molar-refractivity contribution in [3.05, 3.63) is 30.1 Å². The molecule has 0 fully saturated rings. The number of halogens is 3. The molecule has 2 rings (SSSR count). The SMILES string of the molecule is FC(F)(F)c1cc(-c2ccc[nH]2)n[nH]1. The first-order valence-electron chi connectivity index (χ1n) is 3.84.